The van der Waals surface area contributed by atoms with Crippen LogP contribution in [-0.4, -0.2) is 17.2 Å². The molecule has 4 aromatic rings. The zero-order valence-corrected chi connectivity index (χ0v) is 16.1. The number of carboxylic acid groups (broad SMARTS) is 1. The van der Waals surface area contributed by atoms with E-state index in [0.717, 1.165) is 11.1 Å². The minimum absolute atomic E-state index is 0.427. The lowest BCUT2D eigenvalue weighted by Crippen LogP contribution is -2.27. The molecule has 0 spiro atoms. The van der Waals surface area contributed by atoms with Crippen LogP contribution >= 0.6 is 11.3 Å². The molecule has 0 unspecified atom stereocenters. The maximum absolute atomic E-state index is 11.6. The molecule has 0 aliphatic heterocycles. The van der Waals surface area contributed by atoms with Gasteiger partial charge in [-0.2, -0.15) is 0 Å². The molecule has 0 amide bonds. The number of hydrogen-bond donors (Lipinski definition) is 1. The molecule has 140 valence electrons. The van der Waals surface area contributed by atoms with Crippen LogP contribution in [0, 0.1) is 0 Å². The summed E-state index contributed by atoms with van der Waals surface area (Å²) in [6.45, 7) is 0. The molecule has 1 heterocycles. The van der Waals surface area contributed by atoms with Gasteiger partial charge in [0.05, 0.1) is 0 Å². The first-order chi connectivity index (χ1) is 13.7. The lowest BCUT2D eigenvalue weighted by atomic mass is 10.0. The lowest BCUT2D eigenvalue weighted by Gasteiger charge is -2.15. The molecule has 0 aliphatic carbocycles. The number of carboxylic acids is 1. The first-order valence-electron chi connectivity index (χ1n) is 9.21. The molecule has 1 N–H and O–H groups in total. The molecule has 3 nitrogen and oxygen atoms in total. The molecule has 1 atom stereocenters. The Hall–Kier alpha value is -3.11. The van der Waals surface area contributed by atoms with Crippen molar-refractivity contribution in [2.24, 2.45) is 0 Å². The number of hydrogen-bond acceptors (Lipinski definition) is 3. The Labute approximate surface area is 167 Å². The second-order valence-corrected chi connectivity index (χ2v) is 7.55. The largest absolute Gasteiger partial charge is 0.479 e. The molecule has 4 rings (SSSR count). The Bertz CT molecular complexity index is 1070. The second-order valence-electron chi connectivity index (χ2n) is 6.64. The first kappa shape index (κ1) is 18.3. The quantitative estimate of drug-likeness (QED) is 0.420. The SMILES string of the molecule is O=C(O)[C@H](CCc1ccccc1)Oc1ccc(-c2csc3ccccc23)cc1. The molecule has 0 radical (unpaired) electrons. The zero-order valence-electron chi connectivity index (χ0n) is 15.2. The third-order valence-electron chi connectivity index (χ3n) is 4.74. The van der Waals surface area contributed by atoms with Gasteiger partial charge >= 0.3 is 5.97 Å². The van der Waals surface area contributed by atoms with Crippen LogP contribution in [0.1, 0.15) is 12.0 Å². The van der Waals surface area contributed by atoms with Gasteiger partial charge in [0.2, 0.25) is 0 Å². The lowest BCUT2D eigenvalue weighted by molar-refractivity contribution is -0.145. The highest BCUT2D eigenvalue weighted by molar-refractivity contribution is 7.17. The third-order valence-corrected chi connectivity index (χ3v) is 5.70. The van der Waals surface area contributed by atoms with Crippen LogP contribution in [0.15, 0.2) is 84.2 Å². The van der Waals surface area contributed by atoms with E-state index in [0.29, 0.717) is 18.6 Å². The van der Waals surface area contributed by atoms with E-state index in [9.17, 15) is 9.90 Å². The zero-order chi connectivity index (χ0) is 19.3. The third kappa shape index (κ3) is 4.07. The van der Waals surface area contributed by atoms with Gasteiger partial charge in [-0.15, -0.1) is 11.3 Å². The Kier molecular flexibility index (Phi) is 5.40. The number of benzene rings is 3. The highest BCUT2D eigenvalue weighted by Crippen LogP contribution is 2.34. The number of aliphatic carboxylic acids is 1. The van der Waals surface area contributed by atoms with Gasteiger partial charge in [0.15, 0.2) is 6.10 Å². The summed E-state index contributed by atoms with van der Waals surface area (Å²) in [5.74, 6) is -0.368. The summed E-state index contributed by atoms with van der Waals surface area (Å²) in [5.41, 5.74) is 3.39. The van der Waals surface area contributed by atoms with E-state index in [2.05, 4.69) is 17.5 Å². The Balaban J connectivity index is 1.47. The van der Waals surface area contributed by atoms with Crippen LogP contribution < -0.4 is 4.74 Å². The maximum Gasteiger partial charge on any atom is 0.344 e. The fourth-order valence-corrected chi connectivity index (χ4v) is 4.22. The first-order valence-corrected chi connectivity index (χ1v) is 10.1. The van der Waals surface area contributed by atoms with Gasteiger partial charge in [-0.25, -0.2) is 4.79 Å². The predicted octanol–water partition coefficient (Wildman–Crippen LogP) is 6.03. The van der Waals surface area contributed by atoms with Crippen molar-refractivity contribution in [3.63, 3.8) is 0 Å². The van der Waals surface area contributed by atoms with E-state index >= 15 is 0 Å². The molecule has 0 fully saturated rings. The summed E-state index contributed by atoms with van der Waals surface area (Å²) in [6, 6.07) is 25.9. The molecular formula is C24H20O3S. The number of ether oxygens (including phenoxy) is 1. The van der Waals surface area contributed by atoms with E-state index in [4.69, 9.17) is 4.74 Å². The van der Waals surface area contributed by atoms with Gasteiger partial charge in [0, 0.05) is 15.6 Å². The van der Waals surface area contributed by atoms with Crippen LogP contribution in [0.3, 0.4) is 0 Å². The minimum atomic E-state index is -0.941. The summed E-state index contributed by atoms with van der Waals surface area (Å²) in [5, 5.41) is 12.9. The number of rotatable bonds is 7. The fourth-order valence-electron chi connectivity index (χ4n) is 3.25. The Morgan fingerprint density at radius 1 is 0.929 bits per heavy atom. The summed E-state index contributed by atoms with van der Waals surface area (Å²) >= 11 is 1.72. The van der Waals surface area contributed by atoms with Crippen LogP contribution in [0.5, 0.6) is 5.75 Å². The molecule has 1 aromatic heterocycles. The van der Waals surface area contributed by atoms with Gasteiger partial charge in [-0.05, 0) is 47.5 Å². The van der Waals surface area contributed by atoms with Gasteiger partial charge < -0.3 is 9.84 Å². The van der Waals surface area contributed by atoms with Crippen molar-refractivity contribution in [3.05, 3.63) is 89.8 Å². The van der Waals surface area contributed by atoms with E-state index < -0.39 is 12.1 Å². The Morgan fingerprint density at radius 3 is 2.39 bits per heavy atom. The van der Waals surface area contributed by atoms with Crippen LogP contribution in [0.4, 0.5) is 0 Å². The van der Waals surface area contributed by atoms with Crippen LogP contribution in [0.2, 0.25) is 0 Å². The van der Waals surface area contributed by atoms with Gasteiger partial charge in [-0.1, -0.05) is 60.7 Å². The van der Waals surface area contributed by atoms with E-state index in [1.54, 1.807) is 11.3 Å². The Morgan fingerprint density at radius 2 is 1.64 bits per heavy atom. The standard InChI is InChI=1S/C24H20O3S/c25-24(26)22(15-10-17-6-2-1-3-7-17)27-19-13-11-18(12-14-19)21-16-28-23-9-5-4-8-20(21)23/h1-9,11-14,16,22H,10,15H2,(H,25,26)/t22-/m0/s1. The number of carbonyl (C=O) groups is 1. The van der Waals surface area contributed by atoms with Crippen molar-refractivity contribution in [1.29, 1.82) is 0 Å². The van der Waals surface area contributed by atoms with E-state index in [-0.39, 0.29) is 0 Å². The van der Waals surface area contributed by atoms with Crippen molar-refractivity contribution >= 4 is 27.4 Å². The monoisotopic (exact) mass is 388 g/mol. The topological polar surface area (TPSA) is 46.5 Å². The van der Waals surface area contributed by atoms with Crippen LogP contribution in [-0.2, 0) is 11.2 Å². The van der Waals surface area contributed by atoms with Gasteiger partial charge in [0.25, 0.3) is 0 Å². The smallest absolute Gasteiger partial charge is 0.344 e. The van der Waals surface area contributed by atoms with Crippen molar-refractivity contribution in [3.8, 4) is 16.9 Å². The summed E-state index contributed by atoms with van der Waals surface area (Å²) in [4.78, 5) is 11.6. The molecule has 3 aromatic carbocycles. The molecular weight excluding hydrogens is 368 g/mol. The van der Waals surface area contributed by atoms with Crippen molar-refractivity contribution in [1.82, 2.24) is 0 Å². The van der Waals surface area contributed by atoms with E-state index in [1.807, 2.05) is 66.7 Å². The molecule has 28 heavy (non-hydrogen) atoms. The highest BCUT2D eigenvalue weighted by atomic mass is 32.1. The number of aryl methyl sites for hydroxylation is 1. The van der Waals surface area contributed by atoms with Gasteiger partial charge in [-0.3, -0.25) is 0 Å². The number of thiophene rings is 1. The van der Waals surface area contributed by atoms with Crippen molar-refractivity contribution < 1.29 is 14.6 Å². The molecule has 0 saturated heterocycles. The maximum atomic E-state index is 11.6. The summed E-state index contributed by atoms with van der Waals surface area (Å²) in [7, 11) is 0. The molecule has 0 saturated carbocycles. The van der Waals surface area contributed by atoms with E-state index in [1.165, 1.54) is 15.6 Å². The minimum Gasteiger partial charge on any atom is -0.479 e. The van der Waals surface area contributed by atoms with Gasteiger partial charge in [0.1, 0.15) is 5.75 Å². The summed E-state index contributed by atoms with van der Waals surface area (Å²) < 4.78 is 7.01. The van der Waals surface area contributed by atoms with Crippen molar-refractivity contribution in [2.75, 3.05) is 0 Å². The second kappa shape index (κ2) is 8.28. The average molecular weight is 388 g/mol. The highest BCUT2D eigenvalue weighted by Gasteiger charge is 2.19. The van der Waals surface area contributed by atoms with Crippen LogP contribution in [0.25, 0.3) is 21.2 Å². The molecule has 0 bridgehead atoms. The molecule has 4 heteroatoms. The fraction of sp³-hybridized carbons (Fsp3) is 0.125. The molecule has 0 aliphatic rings. The predicted molar refractivity (Wildman–Crippen MR) is 114 cm³/mol. The normalized spacial score (nSPS) is 12.0. The van der Waals surface area contributed by atoms with Crippen molar-refractivity contribution in [2.45, 2.75) is 18.9 Å². The number of fused-ring (bicyclic) bond motifs is 1. The summed E-state index contributed by atoms with van der Waals surface area (Å²) in [6.07, 6.45) is 0.223. The average Bonchev–Trinajstić information content (AvgIpc) is 3.16.